The number of carbonyl (C=O) groups is 1. The van der Waals surface area contributed by atoms with Gasteiger partial charge >= 0.3 is 0 Å². The highest BCUT2D eigenvalue weighted by molar-refractivity contribution is 5.73. The lowest BCUT2D eigenvalue weighted by Crippen LogP contribution is -2.14. The Morgan fingerprint density at radius 1 is 1.40 bits per heavy atom. The van der Waals surface area contributed by atoms with Gasteiger partial charge in [-0.15, -0.1) is 0 Å². The van der Waals surface area contributed by atoms with E-state index >= 15 is 0 Å². The first kappa shape index (κ1) is 11.6. The number of rotatable bonds is 4. The van der Waals surface area contributed by atoms with Gasteiger partial charge in [0.1, 0.15) is 17.3 Å². The smallest absolute Gasteiger partial charge is 0.168 e. The maximum absolute atomic E-state index is 10.7. The Balaban J connectivity index is 3.05. The second kappa shape index (κ2) is 4.87. The highest BCUT2D eigenvalue weighted by Crippen LogP contribution is 2.11. The predicted octanol–water partition coefficient (Wildman–Crippen LogP) is 1.55. The summed E-state index contributed by atoms with van der Waals surface area (Å²) in [5.41, 5.74) is 0.448. The van der Waals surface area contributed by atoms with E-state index in [4.69, 9.17) is 0 Å². The summed E-state index contributed by atoms with van der Waals surface area (Å²) in [7, 11) is 3.80. The van der Waals surface area contributed by atoms with Crippen LogP contribution in [0.15, 0.2) is 6.07 Å². The summed E-state index contributed by atoms with van der Waals surface area (Å²) in [5.74, 6) is 2.00. The van der Waals surface area contributed by atoms with Crippen LogP contribution >= 0.6 is 0 Å². The van der Waals surface area contributed by atoms with Crippen LogP contribution in [0.1, 0.15) is 30.2 Å². The van der Waals surface area contributed by atoms with Crippen LogP contribution in [0.25, 0.3) is 0 Å². The molecule has 0 fully saturated rings. The molecule has 1 rings (SSSR count). The number of hydrogen-bond donors (Lipinski definition) is 0. The fourth-order valence-corrected chi connectivity index (χ4v) is 1.25. The first-order chi connectivity index (χ1) is 7.02. The molecule has 0 amide bonds. The van der Waals surface area contributed by atoms with Gasteiger partial charge in [0.05, 0.1) is 0 Å². The lowest BCUT2D eigenvalue weighted by molar-refractivity contribution is 0.111. The summed E-state index contributed by atoms with van der Waals surface area (Å²) in [5, 5.41) is 0. The number of aldehydes is 1. The SMILES string of the molecule is CC(C)Cc1nc(C=O)cc(N(C)C)n1. The van der Waals surface area contributed by atoms with E-state index in [-0.39, 0.29) is 0 Å². The molecule has 0 saturated carbocycles. The summed E-state index contributed by atoms with van der Waals surface area (Å²) in [6, 6.07) is 1.69. The summed E-state index contributed by atoms with van der Waals surface area (Å²) < 4.78 is 0. The Morgan fingerprint density at radius 2 is 2.07 bits per heavy atom. The Labute approximate surface area is 90.3 Å². The van der Waals surface area contributed by atoms with Crippen molar-refractivity contribution in [2.45, 2.75) is 20.3 Å². The lowest BCUT2D eigenvalue weighted by Gasteiger charge is -2.13. The van der Waals surface area contributed by atoms with Crippen molar-refractivity contribution in [3.05, 3.63) is 17.6 Å². The van der Waals surface area contributed by atoms with Crippen molar-refractivity contribution in [2.75, 3.05) is 19.0 Å². The molecule has 0 radical (unpaired) electrons. The Morgan fingerprint density at radius 3 is 2.53 bits per heavy atom. The molecule has 4 nitrogen and oxygen atoms in total. The van der Waals surface area contributed by atoms with Crippen LogP contribution in [0.4, 0.5) is 5.82 Å². The van der Waals surface area contributed by atoms with E-state index in [9.17, 15) is 4.79 Å². The van der Waals surface area contributed by atoms with E-state index in [0.29, 0.717) is 11.6 Å². The summed E-state index contributed by atoms with van der Waals surface area (Å²) in [4.78, 5) is 21.1. The van der Waals surface area contributed by atoms with Gasteiger partial charge in [-0.05, 0) is 5.92 Å². The van der Waals surface area contributed by atoms with E-state index in [1.165, 1.54) is 0 Å². The zero-order chi connectivity index (χ0) is 11.4. The Hall–Kier alpha value is -1.45. The maximum atomic E-state index is 10.7. The summed E-state index contributed by atoms with van der Waals surface area (Å²) >= 11 is 0. The first-order valence-electron chi connectivity index (χ1n) is 5.03. The predicted molar refractivity (Wildman–Crippen MR) is 60.3 cm³/mol. The molecule has 0 N–H and O–H groups in total. The first-order valence-corrected chi connectivity index (χ1v) is 5.03. The molecule has 1 aromatic heterocycles. The van der Waals surface area contributed by atoms with Crippen LogP contribution in [0, 0.1) is 5.92 Å². The number of aromatic nitrogens is 2. The average molecular weight is 207 g/mol. The standard InChI is InChI=1S/C11H17N3O/c1-8(2)5-10-12-9(7-15)6-11(13-10)14(3)4/h6-8H,5H2,1-4H3. The molecule has 0 unspecified atom stereocenters. The van der Waals surface area contributed by atoms with Crippen molar-refractivity contribution < 1.29 is 4.79 Å². The summed E-state index contributed by atoms with van der Waals surface area (Å²) in [6.45, 7) is 4.21. The average Bonchev–Trinajstić information content (AvgIpc) is 2.16. The zero-order valence-electron chi connectivity index (χ0n) is 9.69. The second-order valence-corrected chi connectivity index (χ2v) is 4.18. The molecule has 0 aliphatic carbocycles. The third-order valence-corrected chi connectivity index (χ3v) is 1.95. The number of nitrogens with zero attached hydrogens (tertiary/aromatic N) is 3. The van der Waals surface area contributed by atoms with E-state index in [1.54, 1.807) is 6.07 Å². The Bertz CT molecular complexity index is 348. The molecule has 0 spiro atoms. The van der Waals surface area contributed by atoms with Gasteiger partial charge in [-0.25, -0.2) is 9.97 Å². The number of hydrogen-bond acceptors (Lipinski definition) is 4. The molecule has 0 aliphatic rings. The molecule has 82 valence electrons. The van der Waals surface area contributed by atoms with Crippen LogP contribution in [-0.4, -0.2) is 30.3 Å². The third kappa shape index (κ3) is 3.31. The van der Waals surface area contributed by atoms with Gasteiger partial charge in [-0.2, -0.15) is 0 Å². The van der Waals surface area contributed by atoms with Crippen molar-refractivity contribution >= 4 is 12.1 Å². The van der Waals surface area contributed by atoms with Gasteiger partial charge in [-0.1, -0.05) is 13.8 Å². The Kier molecular flexibility index (Phi) is 3.77. The minimum Gasteiger partial charge on any atom is -0.363 e. The van der Waals surface area contributed by atoms with Crippen LogP contribution in [0.5, 0.6) is 0 Å². The van der Waals surface area contributed by atoms with Crippen LogP contribution in [-0.2, 0) is 6.42 Å². The van der Waals surface area contributed by atoms with E-state index in [0.717, 1.165) is 24.3 Å². The van der Waals surface area contributed by atoms with Gasteiger partial charge in [0.2, 0.25) is 0 Å². The van der Waals surface area contributed by atoms with Crippen molar-refractivity contribution in [1.29, 1.82) is 0 Å². The highest BCUT2D eigenvalue weighted by atomic mass is 16.1. The quantitative estimate of drug-likeness (QED) is 0.703. The molecule has 15 heavy (non-hydrogen) atoms. The zero-order valence-corrected chi connectivity index (χ0v) is 9.69. The van der Waals surface area contributed by atoms with E-state index < -0.39 is 0 Å². The largest absolute Gasteiger partial charge is 0.363 e. The topological polar surface area (TPSA) is 46.1 Å². The van der Waals surface area contributed by atoms with Crippen molar-refractivity contribution in [3.8, 4) is 0 Å². The van der Waals surface area contributed by atoms with Crippen molar-refractivity contribution in [3.63, 3.8) is 0 Å². The third-order valence-electron chi connectivity index (χ3n) is 1.95. The van der Waals surface area contributed by atoms with Crippen LogP contribution in [0.2, 0.25) is 0 Å². The van der Waals surface area contributed by atoms with Gasteiger partial charge < -0.3 is 4.90 Å². The monoisotopic (exact) mass is 207 g/mol. The van der Waals surface area contributed by atoms with E-state index in [2.05, 4.69) is 23.8 Å². The number of carbonyl (C=O) groups excluding carboxylic acids is 1. The van der Waals surface area contributed by atoms with Gasteiger partial charge in [0.25, 0.3) is 0 Å². The molecule has 0 aliphatic heterocycles. The van der Waals surface area contributed by atoms with Crippen LogP contribution in [0.3, 0.4) is 0 Å². The molecule has 4 heteroatoms. The van der Waals surface area contributed by atoms with Gasteiger partial charge in [0.15, 0.2) is 6.29 Å². The fraction of sp³-hybridized carbons (Fsp3) is 0.545. The van der Waals surface area contributed by atoms with E-state index in [1.807, 2.05) is 19.0 Å². The fourth-order valence-electron chi connectivity index (χ4n) is 1.25. The number of anilines is 1. The molecule has 0 saturated heterocycles. The molecule has 1 aromatic rings. The normalized spacial score (nSPS) is 10.5. The lowest BCUT2D eigenvalue weighted by atomic mass is 10.1. The highest BCUT2D eigenvalue weighted by Gasteiger charge is 2.07. The van der Waals surface area contributed by atoms with Crippen molar-refractivity contribution in [1.82, 2.24) is 9.97 Å². The summed E-state index contributed by atoms with van der Waals surface area (Å²) in [6.07, 6.45) is 1.56. The van der Waals surface area contributed by atoms with Gasteiger partial charge in [-0.3, -0.25) is 4.79 Å². The van der Waals surface area contributed by atoms with Gasteiger partial charge in [0, 0.05) is 26.6 Å². The van der Waals surface area contributed by atoms with Crippen molar-refractivity contribution in [2.24, 2.45) is 5.92 Å². The minimum atomic E-state index is 0.448. The second-order valence-electron chi connectivity index (χ2n) is 4.18. The molecule has 1 heterocycles. The molecular formula is C11H17N3O. The molecule has 0 aromatic carbocycles. The minimum absolute atomic E-state index is 0.448. The van der Waals surface area contributed by atoms with Crippen LogP contribution < -0.4 is 4.90 Å². The molecule has 0 bridgehead atoms. The molecular weight excluding hydrogens is 190 g/mol. The maximum Gasteiger partial charge on any atom is 0.168 e. The molecule has 0 atom stereocenters.